The Labute approximate surface area is 126 Å². The molecule has 21 heavy (non-hydrogen) atoms. The van der Waals surface area contributed by atoms with Crippen LogP contribution in [0.5, 0.6) is 0 Å². The second-order valence-corrected chi connectivity index (χ2v) is 6.06. The van der Waals surface area contributed by atoms with Crippen LogP contribution >= 0.6 is 0 Å². The number of amidine groups is 1. The van der Waals surface area contributed by atoms with Crippen LogP contribution in [-0.2, 0) is 12.8 Å². The first-order chi connectivity index (χ1) is 10.2. The average Bonchev–Trinajstić information content (AvgIpc) is 2.94. The molecule has 2 heterocycles. The zero-order chi connectivity index (χ0) is 14.8. The highest BCUT2D eigenvalue weighted by Gasteiger charge is 2.24. The first kappa shape index (κ1) is 14.3. The van der Waals surface area contributed by atoms with Crippen molar-refractivity contribution in [2.24, 2.45) is 5.73 Å². The number of piperazine rings is 1. The Bertz CT molecular complexity index is 532. The summed E-state index contributed by atoms with van der Waals surface area (Å²) in [4.78, 5) is 9.66. The first-order valence-electron chi connectivity index (χ1n) is 8.03. The number of rotatable bonds is 4. The zero-order valence-electron chi connectivity index (χ0n) is 12.9. The van der Waals surface area contributed by atoms with Crippen molar-refractivity contribution in [3.63, 3.8) is 0 Å². The number of nitrogens with two attached hydrogens (primary N) is 1. The van der Waals surface area contributed by atoms with E-state index in [0.29, 0.717) is 0 Å². The number of aromatic nitrogens is 1. The molecular formula is C16H25N5. The van der Waals surface area contributed by atoms with Gasteiger partial charge in [-0.25, -0.2) is 4.98 Å². The third-order valence-corrected chi connectivity index (χ3v) is 4.53. The Morgan fingerprint density at radius 3 is 2.71 bits per heavy atom. The van der Waals surface area contributed by atoms with E-state index in [1.807, 2.05) is 0 Å². The smallest absolute Gasteiger partial charge is 0.139 e. The molecule has 0 unspecified atom stereocenters. The number of hydrogen-bond donors (Lipinski definition) is 2. The Morgan fingerprint density at radius 1 is 1.29 bits per heavy atom. The summed E-state index contributed by atoms with van der Waals surface area (Å²) < 4.78 is 0. The molecular weight excluding hydrogens is 262 g/mol. The minimum absolute atomic E-state index is 0.142. The highest BCUT2D eigenvalue weighted by Crippen LogP contribution is 2.27. The molecule has 5 nitrogen and oxygen atoms in total. The molecule has 3 rings (SSSR count). The first-order valence-corrected chi connectivity index (χ1v) is 8.03. The van der Waals surface area contributed by atoms with Crippen LogP contribution in [0.1, 0.15) is 36.6 Å². The van der Waals surface area contributed by atoms with E-state index < -0.39 is 0 Å². The topological polar surface area (TPSA) is 69.2 Å². The summed E-state index contributed by atoms with van der Waals surface area (Å²) in [7, 11) is 0. The highest BCUT2D eigenvalue weighted by molar-refractivity contribution is 6.00. The lowest BCUT2D eigenvalue weighted by Gasteiger charge is -2.36. The Kier molecular flexibility index (Phi) is 4.10. The molecule has 0 aromatic carbocycles. The van der Waals surface area contributed by atoms with Crippen LogP contribution in [0.4, 0.5) is 5.82 Å². The predicted molar refractivity (Wildman–Crippen MR) is 86.2 cm³/mol. The molecule has 0 bridgehead atoms. The molecule has 1 saturated heterocycles. The van der Waals surface area contributed by atoms with Crippen LogP contribution in [0.25, 0.3) is 0 Å². The molecule has 1 aliphatic heterocycles. The van der Waals surface area contributed by atoms with Crippen LogP contribution in [-0.4, -0.2) is 48.4 Å². The normalized spacial score (nSPS) is 18.8. The van der Waals surface area contributed by atoms with E-state index in [0.717, 1.165) is 50.4 Å². The molecule has 2 aliphatic rings. The lowest BCUT2D eigenvalue weighted by atomic mass is 10.1. The molecule has 0 amide bonds. The van der Waals surface area contributed by atoms with Crippen molar-refractivity contribution in [3.05, 3.63) is 22.9 Å². The van der Waals surface area contributed by atoms with E-state index in [1.54, 1.807) is 0 Å². The zero-order valence-corrected chi connectivity index (χ0v) is 12.9. The van der Waals surface area contributed by atoms with Gasteiger partial charge in [-0.1, -0.05) is 6.92 Å². The van der Waals surface area contributed by atoms with Crippen molar-refractivity contribution in [1.82, 2.24) is 9.88 Å². The lowest BCUT2D eigenvalue weighted by molar-refractivity contribution is 0.258. The largest absolute Gasteiger partial charge is 0.384 e. The average molecular weight is 287 g/mol. The van der Waals surface area contributed by atoms with Gasteiger partial charge < -0.3 is 10.6 Å². The van der Waals surface area contributed by atoms with E-state index in [1.165, 1.54) is 30.6 Å². The van der Waals surface area contributed by atoms with Gasteiger partial charge >= 0.3 is 0 Å². The quantitative estimate of drug-likeness (QED) is 0.648. The van der Waals surface area contributed by atoms with Crippen molar-refractivity contribution >= 4 is 11.7 Å². The number of fused-ring (bicyclic) bond motifs is 1. The fourth-order valence-electron chi connectivity index (χ4n) is 3.40. The maximum Gasteiger partial charge on any atom is 0.139 e. The van der Waals surface area contributed by atoms with Crippen LogP contribution in [0.2, 0.25) is 0 Å². The van der Waals surface area contributed by atoms with Gasteiger partial charge in [-0.2, -0.15) is 0 Å². The number of aryl methyl sites for hydroxylation is 2. The minimum atomic E-state index is 0.142. The Balaban J connectivity index is 1.83. The van der Waals surface area contributed by atoms with Gasteiger partial charge in [-0.15, -0.1) is 0 Å². The minimum Gasteiger partial charge on any atom is -0.384 e. The van der Waals surface area contributed by atoms with Gasteiger partial charge in [0.05, 0.1) is 5.56 Å². The van der Waals surface area contributed by atoms with E-state index in [2.05, 4.69) is 22.8 Å². The summed E-state index contributed by atoms with van der Waals surface area (Å²) in [5.74, 6) is 1.07. The Morgan fingerprint density at radius 2 is 2.05 bits per heavy atom. The van der Waals surface area contributed by atoms with Crippen LogP contribution in [0.3, 0.4) is 0 Å². The van der Waals surface area contributed by atoms with Crippen molar-refractivity contribution in [3.8, 4) is 0 Å². The van der Waals surface area contributed by atoms with E-state index >= 15 is 0 Å². The third kappa shape index (κ3) is 2.88. The van der Waals surface area contributed by atoms with Crippen molar-refractivity contribution in [2.75, 3.05) is 37.6 Å². The summed E-state index contributed by atoms with van der Waals surface area (Å²) in [6.45, 7) is 7.50. The molecule has 1 fully saturated rings. The van der Waals surface area contributed by atoms with E-state index in [-0.39, 0.29) is 5.84 Å². The van der Waals surface area contributed by atoms with Gasteiger partial charge in [-0.05, 0) is 43.9 Å². The molecule has 0 spiro atoms. The standard InChI is InChI=1S/C16H25N5/c1-2-6-20-7-9-21(10-8-20)16-13(15(17)18)11-12-4-3-5-14(12)19-16/h11H,2-10H2,1H3,(H3,17,18). The number of hydrogen-bond acceptors (Lipinski definition) is 4. The molecule has 0 atom stereocenters. The second kappa shape index (κ2) is 6.02. The van der Waals surface area contributed by atoms with Gasteiger partial charge in [0.1, 0.15) is 11.7 Å². The van der Waals surface area contributed by atoms with Gasteiger partial charge in [0.2, 0.25) is 0 Å². The fourth-order valence-corrected chi connectivity index (χ4v) is 3.40. The summed E-state index contributed by atoms with van der Waals surface area (Å²) in [5.41, 5.74) is 9.12. The maximum absolute atomic E-state index is 7.86. The van der Waals surface area contributed by atoms with Gasteiger partial charge in [0, 0.05) is 31.9 Å². The highest BCUT2D eigenvalue weighted by atomic mass is 15.3. The number of nitrogens with one attached hydrogen (secondary N) is 1. The van der Waals surface area contributed by atoms with E-state index in [9.17, 15) is 0 Å². The maximum atomic E-state index is 7.86. The van der Waals surface area contributed by atoms with Crippen LogP contribution < -0.4 is 10.6 Å². The number of nitrogens with zero attached hydrogens (tertiary/aromatic N) is 3. The molecule has 0 saturated carbocycles. The summed E-state index contributed by atoms with van der Waals surface area (Å²) >= 11 is 0. The van der Waals surface area contributed by atoms with Gasteiger partial charge in [0.25, 0.3) is 0 Å². The number of anilines is 1. The van der Waals surface area contributed by atoms with Crippen molar-refractivity contribution in [2.45, 2.75) is 32.6 Å². The molecule has 3 N–H and O–H groups in total. The third-order valence-electron chi connectivity index (χ3n) is 4.53. The fraction of sp³-hybridized carbons (Fsp3) is 0.625. The van der Waals surface area contributed by atoms with Gasteiger partial charge in [-0.3, -0.25) is 10.3 Å². The number of pyridine rings is 1. The van der Waals surface area contributed by atoms with Crippen LogP contribution in [0.15, 0.2) is 6.07 Å². The molecule has 1 aromatic rings. The monoisotopic (exact) mass is 287 g/mol. The summed E-state index contributed by atoms with van der Waals surface area (Å²) in [6.07, 6.45) is 4.52. The molecule has 114 valence electrons. The van der Waals surface area contributed by atoms with Gasteiger partial charge in [0.15, 0.2) is 0 Å². The summed E-state index contributed by atoms with van der Waals surface area (Å²) in [6, 6.07) is 2.10. The van der Waals surface area contributed by atoms with Crippen LogP contribution in [0, 0.1) is 5.41 Å². The SMILES string of the molecule is CCCN1CCN(c2nc3c(cc2C(=N)N)CCC3)CC1. The Hall–Kier alpha value is -1.62. The molecule has 5 heteroatoms. The lowest BCUT2D eigenvalue weighted by Crippen LogP contribution is -2.47. The predicted octanol–water partition coefficient (Wildman–Crippen LogP) is 1.39. The van der Waals surface area contributed by atoms with E-state index in [4.69, 9.17) is 16.1 Å². The number of nitrogen functional groups attached to an aromatic ring is 1. The second-order valence-electron chi connectivity index (χ2n) is 6.06. The molecule has 1 aliphatic carbocycles. The molecule has 0 radical (unpaired) electrons. The van der Waals surface area contributed by atoms with Crippen molar-refractivity contribution < 1.29 is 0 Å². The summed E-state index contributed by atoms with van der Waals surface area (Å²) in [5, 5.41) is 7.86. The van der Waals surface area contributed by atoms with Crippen molar-refractivity contribution in [1.29, 1.82) is 5.41 Å². The molecule has 1 aromatic heterocycles.